The zero-order valence-electron chi connectivity index (χ0n) is 19.7. The molecular formula is C26H39N7. The molecule has 8 N–H and O–H groups in total. The molecule has 1 aliphatic heterocycles. The van der Waals surface area contributed by atoms with E-state index in [2.05, 4.69) is 59.7 Å². The van der Waals surface area contributed by atoms with Crippen LogP contribution >= 0.6 is 0 Å². The van der Waals surface area contributed by atoms with Gasteiger partial charge >= 0.3 is 0 Å². The van der Waals surface area contributed by atoms with Crippen molar-refractivity contribution >= 4 is 12.2 Å². The summed E-state index contributed by atoms with van der Waals surface area (Å²) in [6, 6.07) is 20.6. The van der Waals surface area contributed by atoms with Gasteiger partial charge in [-0.15, -0.1) is 6.58 Å². The molecule has 1 unspecified atom stereocenters. The zero-order chi connectivity index (χ0) is 24.5. The summed E-state index contributed by atoms with van der Waals surface area (Å²) in [5.74, 6) is 0.426. The number of nitrogens with zero attached hydrogens (tertiary/aromatic N) is 2. The lowest BCUT2D eigenvalue weighted by atomic mass is 10.1. The van der Waals surface area contributed by atoms with Gasteiger partial charge in [0.05, 0.1) is 6.17 Å². The summed E-state index contributed by atoms with van der Waals surface area (Å²) < 4.78 is 0. The lowest BCUT2D eigenvalue weighted by Crippen LogP contribution is -2.32. The van der Waals surface area contributed by atoms with Gasteiger partial charge in [-0.05, 0) is 37.6 Å². The maximum Gasteiger partial charge on any atom is 0.109 e. The van der Waals surface area contributed by atoms with Crippen LogP contribution in [-0.2, 0) is 6.54 Å². The van der Waals surface area contributed by atoms with Crippen LogP contribution in [0.15, 0.2) is 90.6 Å². The third-order valence-corrected chi connectivity index (χ3v) is 5.05. The predicted molar refractivity (Wildman–Crippen MR) is 141 cm³/mol. The lowest BCUT2D eigenvalue weighted by Gasteiger charge is -2.22. The Morgan fingerprint density at radius 2 is 1.79 bits per heavy atom. The monoisotopic (exact) mass is 449 g/mol. The standard InChI is InChI=1S/C14H20N2.C7H10N2.C5H9N3/c1-12(14-9-6-10-16(14)2)15-11-13-7-4-3-5-8-13;8-7(9)6-4-2-1-3-5-6;1-2-3-5(7)8-4-6/h3-5,7-8,14-15H,1,6,9-11H2,2H3;1-5,7H,8-9H2;2,4H,1,3H2,(H3,6,7,8). The van der Waals surface area contributed by atoms with Gasteiger partial charge in [0.2, 0.25) is 0 Å². The number of benzene rings is 2. The molecule has 0 spiro atoms. The second kappa shape index (κ2) is 16.4. The van der Waals surface area contributed by atoms with Gasteiger partial charge < -0.3 is 22.5 Å². The first-order valence-electron chi connectivity index (χ1n) is 11.0. The number of likely N-dealkylation sites (N-methyl/N-ethyl adjacent to an activating group) is 1. The third kappa shape index (κ3) is 11.8. The van der Waals surface area contributed by atoms with Crippen LogP contribution in [0.25, 0.3) is 0 Å². The Hall–Kier alpha value is -3.26. The van der Waals surface area contributed by atoms with E-state index >= 15 is 0 Å². The summed E-state index contributed by atoms with van der Waals surface area (Å²) in [7, 11) is 2.17. The van der Waals surface area contributed by atoms with E-state index in [9.17, 15) is 0 Å². The quantitative estimate of drug-likeness (QED) is 0.182. The van der Waals surface area contributed by atoms with Gasteiger partial charge in [0, 0.05) is 24.7 Å². The van der Waals surface area contributed by atoms with E-state index in [1.165, 1.54) is 24.9 Å². The molecule has 1 atom stereocenters. The van der Waals surface area contributed by atoms with Crippen molar-refractivity contribution in [3.8, 4) is 0 Å². The highest BCUT2D eigenvalue weighted by Gasteiger charge is 2.22. The normalized spacial score (nSPS) is 15.5. The predicted octanol–water partition coefficient (Wildman–Crippen LogP) is 3.51. The molecule has 0 saturated carbocycles. The minimum atomic E-state index is -0.341. The van der Waals surface area contributed by atoms with E-state index in [1.807, 2.05) is 36.4 Å². The van der Waals surface area contributed by atoms with Gasteiger partial charge in [0.25, 0.3) is 0 Å². The number of amidine groups is 1. The molecular weight excluding hydrogens is 410 g/mol. The molecule has 1 heterocycles. The molecule has 0 aliphatic carbocycles. The van der Waals surface area contributed by atoms with Crippen molar-refractivity contribution in [2.24, 2.45) is 22.2 Å². The molecule has 1 saturated heterocycles. The van der Waals surface area contributed by atoms with Crippen molar-refractivity contribution < 1.29 is 0 Å². The Kier molecular flexibility index (Phi) is 13.8. The molecule has 33 heavy (non-hydrogen) atoms. The Morgan fingerprint density at radius 1 is 1.18 bits per heavy atom. The summed E-state index contributed by atoms with van der Waals surface area (Å²) in [5, 5.41) is 9.92. The van der Waals surface area contributed by atoms with Crippen LogP contribution < -0.4 is 22.5 Å². The first kappa shape index (κ1) is 27.8. The number of aliphatic imine (C=N–C) groups is 1. The maximum absolute atomic E-state index is 6.48. The minimum absolute atomic E-state index is 0.341. The van der Waals surface area contributed by atoms with Crippen molar-refractivity contribution in [2.45, 2.75) is 38.0 Å². The fraction of sp³-hybridized carbons (Fsp3) is 0.308. The van der Waals surface area contributed by atoms with Crippen molar-refractivity contribution in [1.29, 1.82) is 5.41 Å². The smallest absolute Gasteiger partial charge is 0.109 e. The van der Waals surface area contributed by atoms with Gasteiger partial charge in [-0.25, -0.2) is 4.99 Å². The summed E-state index contributed by atoms with van der Waals surface area (Å²) in [4.78, 5) is 5.85. The Labute approximate surface area is 198 Å². The van der Waals surface area contributed by atoms with Gasteiger partial charge in [-0.3, -0.25) is 10.3 Å². The molecule has 0 radical (unpaired) electrons. The second-order valence-corrected chi connectivity index (χ2v) is 7.68. The van der Waals surface area contributed by atoms with E-state index in [1.54, 1.807) is 6.08 Å². The molecule has 1 fully saturated rings. The van der Waals surface area contributed by atoms with Gasteiger partial charge in [0.1, 0.15) is 12.2 Å². The summed E-state index contributed by atoms with van der Waals surface area (Å²) in [6.07, 6.45) is 5.28. The minimum Gasteiger partial charge on any atom is -0.387 e. The molecule has 7 nitrogen and oxygen atoms in total. The van der Waals surface area contributed by atoms with E-state index in [0.717, 1.165) is 24.1 Å². The lowest BCUT2D eigenvalue weighted by molar-refractivity contribution is 0.334. The van der Waals surface area contributed by atoms with E-state index in [4.69, 9.17) is 22.6 Å². The highest BCUT2D eigenvalue weighted by molar-refractivity contribution is 5.87. The van der Waals surface area contributed by atoms with Crippen LogP contribution in [0.5, 0.6) is 0 Å². The molecule has 3 rings (SSSR count). The van der Waals surface area contributed by atoms with E-state index in [0.29, 0.717) is 18.3 Å². The number of nitrogens with one attached hydrogen (secondary N) is 2. The summed E-state index contributed by atoms with van der Waals surface area (Å²) in [5.41, 5.74) is 19.4. The van der Waals surface area contributed by atoms with Crippen molar-refractivity contribution in [3.63, 3.8) is 0 Å². The highest BCUT2D eigenvalue weighted by atomic mass is 15.2. The molecule has 0 aromatic heterocycles. The fourth-order valence-electron chi connectivity index (χ4n) is 3.24. The molecule has 1 aliphatic rings. The second-order valence-electron chi connectivity index (χ2n) is 7.68. The van der Waals surface area contributed by atoms with Crippen LogP contribution in [0.4, 0.5) is 0 Å². The van der Waals surface area contributed by atoms with E-state index in [-0.39, 0.29) is 6.17 Å². The number of nitrogens with two attached hydrogens (primary N) is 3. The molecule has 0 amide bonds. The number of rotatable bonds is 8. The summed E-state index contributed by atoms with van der Waals surface area (Å²) >= 11 is 0. The van der Waals surface area contributed by atoms with Crippen LogP contribution in [0.1, 0.15) is 36.6 Å². The largest absolute Gasteiger partial charge is 0.387 e. The average molecular weight is 450 g/mol. The van der Waals surface area contributed by atoms with Crippen molar-refractivity contribution in [2.75, 3.05) is 13.6 Å². The van der Waals surface area contributed by atoms with Crippen LogP contribution in [0.2, 0.25) is 0 Å². The van der Waals surface area contributed by atoms with Crippen LogP contribution in [-0.4, -0.2) is 36.7 Å². The topological polar surface area (TPSA) is 130 Å². The van der Waals surface area contributed by atoms with Crippen molar-refractivity contribution in [3.05, 3.63) is 96.7 Å². The number of hydrogen-bond acceptors (Lipinski definition) is 5. The van der Waals surface area contributed by atoms with Gasteiger partial charge in [-0.1, -0.05) is 73.3 Å². The number of likely N-dealkylation sites (tertiary alicyclic amines) is 1. The third-order valence-electron chi connectivity index (χ3n) is 5.05. The highest BCUT2D eigenvalue weighted by Crippen LogP contribution is 2.19. The zero-order valence-corrected chi connectivity index (χ0v) is 19.7. The van der Waals surface area contributed by atoms with Crippen molar-refractivity contribution in [1.82, 2.24) is 10.2 Å². The Balaban J connectivity index is 0.000000273. The fourth-order valence-corrected chi connectivity index (χ4v) is 3.24. The van der Waals surface area contributed by atoms with Gasteiger partial charge in [-0.2, -0.15) is 0 Å². The molecule has 2 aromatic rings. The molecule has 2 aromatic carbocycles. The SMILES string of the molecule is C=C(NCc1ccccc1)C1CCCN1C.C=CCC(N)=NC=N.NC(N)c1ccccc1. The first-order valence-corrected chi connectivity index (χ1v) is 11.0. The molecule has 7 heteroatoms. The molecule has 178 valence electrons. The maximum atomic E-state index is 6.48. The Bertz CT molecular complexity index is 847. The van der Waals surface area contributed by atoms with E-state index < -0.39 is 0 Å². The number of hydrogen-bond donors (Lipinski definition) is 5. The Morgan fingerprint density at radius 3 is 2.24 bits per heavy atom. The average Bonchev–Trinajstić information content (AvgIpc) is 3.26. The molecule has 0 bridgehead atoms. The van der Waals surface area contributed by atoms with Crippen LogP contribution in [0, 0.1) is 5.41 Å². The first-order chi connectivity index (χ1) is 15.9. The van der Waals surface area contributed by atoms with Gasteiger partial charge in [0.15, 0.2) is 0 Å². The summed E-state index contributed by atoms with van der Waals surface area (Å²) in [6.45, 7) is 9.67. The van der Waals surface area contributed by atoms with Crippen LogP contribution in [0.3, 0.4) is 0 Å².